The molecule has 314 valence electrons. The third-order valence-electron chi connectivity index (χ3n) is 11.3. The van der Waals surface area contributed by atoms with Crippen LogP contribution in [0.2, 0.25) is 0 Å². The summed E-state index contributed by atoms with van der Waals surface area (Å²) in [7, 11) is 2.55. The Hall–Kier alpha value is -7.04. The molecule has 14 nitrogen and oxygen atoms in total. The minimum Gasteiger partial charge on any atom is -0.453 e. The maximum absolute atomic E-state index is 14.0. The van der Waals surface area contributed by atoms with Crippen LogP contribution in [-0.4, -0.2) is 81.0 Å². The second kappa shape index (κ2) is 17.5. The molecular formula is C46H42N8O6S2. The van der Waals surface area contributed by atoms with Gasteiger partial charge in [0.1, 0.15) is 29.8 Å². The van der Waals surface area contributed by atoms with Gasteiger partial charge in [-0.25, -0.2) is 19.6 Å². The second-order valence-electron chi connectivity index (χ2n) is 14.9. The van der Waals surface area contributed by atoms with E-state index < -0.39 is 30.3 Å². The van der Waals surface area contributed by atoms with E-state index >= 15 is 0 Å². The summed E-state index contributed by atoms with van der Waals surface area (Å²) in [5.74, 6) is 0.833. The predicted octanol–water partition coefficient (Wildman–Crippen LogP) is 8.71. The van der Waals surface area contributed by atoms with E-state index in [2.05, 4.69) is 60.6 Å². The van der Waals surface area contributed by atoms with Gasteiger partial charge in [-0.2, -0.15) is 0 Å². The highest BCUT2D eigenvalue weighted by Crippen LogP contribution is 2.44. The molecule has 2 aliphatic rings. The molecule has 1 fully saturated rings. The smallest absolute Gasteiger partial charge is 0.407 e. The number of amides is 4. The Balaban J connectivity index is 0.899. The number of imidazole rings is 2. The Morgan fingerprint density at radius 3 is 1.89 bits per heavy atom. The van der Waals surface area contributed by atoms with Crippen molar-refractivity contribution in [1.82, 2.24) is 40.4 Å². The molecule has 2 aliphatic heterocycles. The van der Waals surface area contributed by atoms with E-state index in [4.69, 9.17) is 14.5 Å². The van der Waals surface area contributed by atoms with Gasteiger partial charge in [0.05, 0.1) is 53.4 Å². The van der Waals surface area contributed by atoms with E-state index in [1.165, 1.54) is 18.9 Å². The summed E-state index contributed by atoms with van der Waals surface area (Å²) in [6, 6.07) is 24.1. The number of ether oxygens (including phenoxy) is 2. The fourth-order valence-electron chi connectivity index (χ4n) is 8.16. The van der Waals surface area contributed by atoms with E-state index in [0.717, 1.165) is 51.2 Å². The van der Waals surface area contributed by atoms with Crippen molar-refractivity contribution in [2.24, 2.45) is 0 Å². The molecule has 16 heteroatoms. The van der Waals surface area contributed by atoms with E-state index in [0.29, 0.717) is 35.9 Å². The monoisotopic (exact) mass is 866 g/mol. The molecule has 0 spiro atoms. The molecule has 3 aromatic carbocycles. The van der Waals surface area contributed by atoms with Crippen molar-refractivity contribution in [2.75, 3.05) is 27.3 Å². The number of benzene rings is 3. The second-order valence-corrected chi connectivity index (χ2v) is 16.7. The number of rotatable bonds is 11. The molecule has 0 aliphatic carbocycles. The molecule has 4 amide bonds. The number of likely N-dealkylation sites (tertiary alicyclic amines) is 1. The van der Waals surface area contributed by atoms with Gasteiger partial charge in [-0.1, -0.05) is 97.1 Å². The Labute approximate surface area is 364 Å². The molecule has 7 aromatic rings. The summed E-state index contributed by atoms with van der Waals surface area (Å²) in [5.41, 5.74) is 7.23. The van der Waals surface area contributed by atoms with Crippen LogP contribution in [0.3, 0.4) is 0 Å². The van der Waals surface area contributed by atoms with Gasteiger partial charge in [-0.3, -0.25) is 9.59 Å². The molecule has 0 saturated carbocycles. The third kappa shape index (κ3) is 7.85. The minimum atomic E-state index is -0.925. The quantitative estimate of drug-likeness (QED) is 0.0935. The zero-order chi connectivity index (χ0) is 42.7. The molecule has 4 aromatic heterocycles. The Kier molecular flexibility index (Phi) is 11.4. The number of methoxy groups -OCH3 is 2. The number of hydrogen-bond donors (Lipinski definition) is 4. The molecule has 0 unspecified atom stereocenters. The topological polar surface area (TPSA) is 175 Å². The largest absolute Gasteiger partial charge is 0.453 e. The number of alkyl carbamates (subject to hydrolysis) is 2. The number of aromatic amines is 2. The summed E-state index contributed by atoms with van der Waals surface area (Å²) in [6.07, 6.45) is 7.66. The molecule has 4 N–H and O–H groups in total. The van der Waals surface area contributed by atoms with Crippen LogP contribution in [-0.2, 0) is 19.1 Å². The van der Waals surface area contributed by atoms with Crippen LogP contribution in [0, 0.1) is 0 Å². The van der Waals surface area contributed by atoms with Gasteiger partial charge >= 0.3 is 12.2 Å². The maximum atomic E-state index is 14.0. The van der Waals surface area contributed by atoms with Crippen LogP contribution in [0.15, 0.2) is 120 Å². The van der Waals surface area contributed by atoms with Gasteiger partial charge in [0.2, 0.25) is 0 Å². The number of nitrogens with one attached hydrogen (secondary N) is 4. The van der Waals surface area contributed by atoms with E-state index in [9.17, 15) is 19.2 Å². The highest BCUT2D eigenvalue weighted by atomic mass is 32.1. The number of H-pyrrole nitrogens is 2. The summed E-state index contributed by atoms with van der Waals surface area (Å²) in [4.78, 5) is 72.3. The van der Waals surface area contributed by atoms with E-state index in [-0.39, 0.29) is 17.9 Å². The molecule has 4 atom stereocenters. The zero-order valence-corrected chi connectivity index (χ0v) is 35.4. The number of hydrogen-bond acceptors (Lipinski definition) is 10. The molecule has 9 rings (SSSR count). The molecule has 1 saturated heterocycles. The lowest BCUT2D eigenvalue weighted by atomic mass is 10.0. The van der Waals surface area contributed by atoms with Crippen LogP contribution in [0.1, 0.15) is 59.8 Å². The number of carbonyl (C=O) groups excluding carboxylic acids is 4. The molecular weight excluding hydrogens is 825 g/mol. The summed E-state index contributed by atoms with van der Waals surface area (Å²) < 4.78 is 12.0. The molecule has 6 heterocycles. The van der Waals surface area contributed by atoms with Crippen molar-refractivity contribution in [3.63, 3.8) is 0 Å². The first kappa shape index (κ1) is 40.4. The lowest BCUT2D eigenvalue weighted by molar-refractivity contribution is -0.135. The number of aromatic nitrogens is 4. The number of nitrogens with zero attached hydrogens (tertiary/aromatic N) is 4. The predicted molar refractivity (Wildman–Crippen MR) is 237 cm³/mol. The maximum Gasteiger partial charge on any atom is 0.407 e. The lowest BCUT2D eigenvalue weighted by Gasteiger charge is -2.28. The first-order valence-corrected chi connectivity index (χ1v) is 21.8. The average Bonchev–Trinajstić information content (AvgIpc) is 4.17. The van der Waals surface area contributed by atoms with Gasteiger partial charge in [0.25, 0.3) is 11.8 Å². The zero-order valence-electron chi connectivity index (χ0n) is 33.7. The highest BCUT2D eigenvalue weighted by Gasteiger charge is 2.38. The third-order valence-corrected chi connectivity index (χ3v) is 13.5. The summed E-state index contributed by atoms with van der Waals surface area (Å²) in [6.45, 7) is 0.919. The van der Waals surface area contributed by atoms with Crippen molar-refractivity contribution in [1.29, 1.82) is 0 Å². The lowest BCUT2D eigenvalue weighted by Crippen LogP contribution is -2.43. The van der Waals surface area contributed by atoms with Crippen LogP contribution in [0.25, 0.3) is 43.0 Å². The molecule has 0 radical (unpaired) electrons. The van der Waals surface area contributed by atoms with Gasteiger partial charge in [-0.05, 0) is 35.1 Å². The van der Waals surface area contributed by atoms with Crippen molar-refractivity contribution in [3.05, 3.63) is 143 Å². The van der Waals surface area contributed by atoms with E-state index in [1.54, 1.807) is 50.8 Å². The van der Waals surface area contributed by atoms with Crippen molar-refractivity contribution < 1.29 is 28.7 Å². The standard InChI is InChI=1S/C46H42N8O6S2/c1-59-45(57)51-37(29-11-5-3-6-12-29)43(55)53-21-9-15-35(53)41-47-23-33(49-41)28-19-17-27(18-20-28)31-25-61-40-32(26-62-39(31)40)34-24-48-42(50-34)36-16-10-22-54(36)44(56)38(52-46(58)60-2)30-13-7-4-8-14-30/h3-9,11-15,17-20,23-26,35-38H,10,16,21-22H2,1-2H3,(H,47,49)(H,48,50)(H,51,57)(H,52,58)/t35-,36-,37+,38+/m0/s1. The Morgan fingerprint density at radius 2 is 1.24 bits per heavy atom. The van der Waals surface area contributed by atoms with Gasteiger partial charge in [0, 0.05) is 35.0 Å². The average molecular weight is 867 g/mol. The number of fused-ring (bicyclic) bond motifs is 1. The van der Waals surface area contributed by atoms with Gasteiger partial charge in [-0.15, -0.1) is 22.7 Å². The van der Waals surface area contributed by atoms with Gasteiger partial charge in [0.15, 0.2) is 0 Å². The normalized spacial score (nSPS) is 16.9. The Bertz CT molecular complexity index is 2760. The van der Waals surface area contributed by atoms with Crippen LogP contribution >= 0.6 is 22.7 Å². The molecule has 0 bridgehead atoms. The number of carbonyl (C=O) groups is 4. The SMILES string of the molecule is COC(=O)N[C@@H](C(=O)N1CC=C[C@H]1c1ncc(-c2ccc(-c3csc4c(-c5cnc([C@@H]6CCCN6C(=O)[C@H](NC(=O)OC)c6ccccc6)[nH]5)csc34)cc2)[nH]1)c1ccccc1. The first-order valence-electron chi connectivity index (χ1n) is 20.1. The summed E-state index contributed by atoms with van der Waals surface area (Å²) in [5, 5.41) is 9.74. The van der Waals surface area contributed by atoms with E-state index in [1.807, 2.05) is 66.9 Å². The summed E-state index contributed by atoms with van der Waals surface area (Å²) >= 11 is 3.36. The minimum absolute atomic E-state index is 0.213. The highest BCUT2D eigenvalue weighted by molar-refractivity contribution is 7.27. The van der Waals surface area contributed by atoms with Crippen molar-refractivity contribution in [3.8, 4) is 33.6 Å². The Morgan fingerprint density at radius 1 is 0.694 bits per heavy atom. The van der Waals surface area contributed by atoms with Crippen LogP contribution in [0.4, 0.5) is 9.59 Å². The fraction of sp³-hybridized carbons (Fsp3) is 0.217. The number of thiophene rings is 2. The fourth-order valence-corrected chi connectivity index (χ4v) is 10.6. The van der Waals surface area contributed by atoms with Crippen molar-refractivity contribution >= 4 is 56.1 Å². The van der Waals surface area contributed by atoms with Crippen molar-refractivity contribution in [2.45, 2.75) is 37.0 Å². The van der Waals surface area contributed by atoms with Crippen LogP contribution < -0.4 is 10.6 Å². The first-order chi connectivity index (χ1) is 30.3. The molecule has 62 heavy (non-hydrogen) atoms. The van der Waals surface area contributed by atoms with Crippen LogP contribution in [0.5, 0.6) is 0 Å². The van der Waals surface area contributed by atoms with Gasteiger partial charge < -0.3 is 39.9 Å².